The molecule has 3 nitrogen and oxygen atoms in total. The van der Waals surface area contributed by atoms with Gasteiger partial charge in [-0.05, 0) is 42.3 Å². The maximum atomic E-state index is 13.7. The molecule has 0 fully saturated rings. The van der Waals surface area contributed by atoms with Crippen LogP contribution in [0, 0.1) is 5.82 Å². The van der Waals surface area contributed by atoms with Gasteiger partial charge in [0.15, 0.2) is 11.5 Å². The Labute approximate surface area is 103 Å². The number of ether oxygens (including phenoxy) is 1. The number of rotatable bonds is 3. The summed E-state index contributed by atoms with van der Waals surface area (Å²) >= 11 is 3.18. The summed E-state index contributed by atoms with van der Waals surface area (Å²) in [7, 11) is 1.34. The van der Waals surface area contributed by atoms with Crippen LogP contribution in [0.2, 0.25) is 0 Å². The Kier molecular flexibility index (Phi) is 3.80. The average molecular weight is 292 g/mol. The fraction of sp³-hybridized carbons (Fsp3) is 0.455. The van der Waals surface area contributed by atoms with Gasteiger partial charge < -0.3 is 15.6 Å². The smallest absolute Gasteiger partial charge is 0.208 e. The summed E-state index contributed by atoms with van der Waals surface area (Å²) < 4.78 is 18.9. The maximum Gasteiger partial charge on any atom is 0.208 e. The molecule has 1 rings (SSSR count). The summed E-state index contributed by atoms with van der Waals surface area (Å²) in [6, 6.07) is 1.62. The van der Waals surface area contributed by atoms with Crippen LogP contribution in [0.1, 0.15) is 19.4 Å². The number of phenolic OH excluding ortho intramolecular Hbond substituents is 1. The van der Waals surface area contributed by atoms with E-state index in [0.717, 1.165) is 0 Å². The molecule has 0 aromatic heterocycles. The van der Waals surface area contributed by atoms with Gasteiger partial charge in [0.2, 0.25) is 5.82 Å². The molecule has 0 saturated carbocycles. The Balaban J connectivity index is 3.23. The van der Waals surface area contributed by atoms with Crippen LogP contribution < -0.4 is 10.5 Å². The first kappa shape index (κ1) is 13.3. The minimum Gasteiger partial charge on any atom is -0.505 e. The Morgan fingerprint density at radius 2 is 2.12 bits per heavy atom. The number of methoxy groups -OCH3 is 1. The highest BCUT2D eigenvalue weighted by Gasteiger charge is 2.21. The Morgan fingerprint density at radius 3 is 2.56 bits per heavy atom. The van der Waals surface area contributed by atoms with Gasteiger partial charge in [-0.1, -0.05) is 0 Å². The molecular weight excluding hydrogens is 277 g/mol. The molecule has 0 aliphatic carbocycles. The zero-order chi connectivity index (χ0) is 12.5. The SMILES string of the molecule is COc1c(Br)cc(CC(C)(C)N)c(O)c1F. The Hall–Kier alpha value is -0.810. The van der Waals surface area contributed by atoms with Gasteiger partial charge in [0.1, 0.15) is 0 Å². The fourth-order valence-corrected chi connectivity index (χ4v) is 2.07. The maximum absolute atomic E-state index is 13.7. The third-order valence-corrected chi connectivity index (χ3v) is 2.67. The van der Waals surface area contributed by atoms with Gasteiger partial charge in [0, 0.05) is 11.1 Å². The second kappa shape index (κ2) is 4.59. The lowest BCUT2D eigenvalue weighted by Gasteiger charge is -2.20. The summed E-state index contributed by atoms with van der Waals surface area (Å²) in [6.45, 7) is 3.62. The van der Waals surface area contributed by atoms with Gasteiger partial charge in [-0.25, -0.2) is 0 Å². The van der Waals surface area contributed by atoms with Crippen molar-refractivity contribution in [2.24, 2.45) is 5.73 Å². The van der Waals surface area contributed by atoms with Crippen LogP contribution in [0.5, 0.6) is 11.5 Å². The van der Waals surface area contributed by atoms with E-state index in [9.17, 15) is 9.50 Å². The number of phenols is 1. The molecule has 0 unspecified atom stereocenters. The van der Waals surface area contributed by atoms with E-state index >= 15 is 0 Å². The molecule has 1 aromatic rings. The summed E-state index contributed by atoms with van der Waals surface area (Å²) in [5.41, 5.74) is 5.77. The summed E-state index contributed by atoms with van der Waals surface area (Å²) in [5.74, 6) is -1.18. The van der Waals surface area contributed by atoms with Gasteiger partial charge in [-0.2, -0.15) is 4.39 Å². The van der Waals surface area contributed by atoms with Crippen LogP contribution in [-0.2, 0) is 6.42 Å². The summed E-state index contributed by atoms with van der Waals surface area (Å²) in [6.07, 6.45) is 0.373. The van der Waals surface area contributed by atoms with E-state index in [4.69, 9.17) is 10.5 Å². The van der Waals surface area contributed by atoms with Crippen molar-refractivity contribution in [1.82, 2.24) is 0 Å². The van der Waals surface area contributed by atoms with Crippen LogP contribution >= 0.6 is 15.9 Å². The van der Waals surface area contributed by atoms with Crippen LogP contribution in [0.25, 0.3) is 0 Å². The second-order valence-electron chi connectivity index (χ2n) is 4.38. The molecule has 0 aliphatic heterocycles. The van der Waals surface area contributed by atoms with Crippen LogP contribution in [0.15, 0.2) is 10.5 Å². The van der Waals surface area contributed by atoms with Crippen LogP contribution in [0.3, 0.4) is 0 Å². The highest BCUT2D eigenvalue weighted by Crippen LogP contribution is 2.37. The van der Waals surface area contributed by atoms with E-state index in [-0.39, 0.29) is 5.75 Å². The van der Waals surface area contributed by atoms with Crippen molar-refractivity contribution in [3.63, 3.8) is 0 Å². The lowest BCUT2D eigenvalue weighted by molar-refractivity contribution is 0.357. The topological polar surface area (TPSA) is 55.5 Å². The first-order chi connectivity index (χ1) is 7.26. The van der Waals surface area contributed by atoms with E-state index in [0.29, 0.717) is 16.5 Å². The van der Waals surface area contributed by atoms with E-state index in [2.05, 4.69) is 15.9 Å². The molecule has 0 aliphatic rings. The molecule has 0 heterocycles. The van der Waals surface area contributed by atoms with Gasteiger partial charge in [0.25, 0.3) is 0 Å². The van der Waals surface area contributed by atoms with Crippen molar-refractivity contribution in [3.05, 3.63) is 21.9 Å². The quantitative estimate of drug-likeness (QED) is 0.900. The highest BCUT2D eigenvalue weighted by molar-refractivity contribution is 9.10. The molecular formula is C11H15BrFNO2. The van der Waals surface area contributed by atoms with Gasteiger partial charge in [0.05, 0.1) is 11.6 Å². The molecule has 3 N–H and O–H groups in total. The van der Waals surface area contributed by atoms with Crippen molar-refractivity contribution < 1.29 is 14.2 Å². The second-order valence-corrected chi connectivity index (χ2v) is 5.23. The molecule has 0 bridgehead atoms. The number of hydrogen-bond acceptors (Lipinski definition) is 3. The predicted octanol–water partition coefficient (Wildman–Crippen LogP) is 2.58. The van der Waals surface area contributed by atoms with E-state index < -0.39 is 17.1 Å². The predicted molar refractivity (Wildman–Crippen MR) is 64.3 cm³/mol. The zero-order valence-corrected chi connectivity index (χ0v) is 11.1. The lowest BCUT2D eigenvalue weighted by atomic mass is 9.95. The highest BCUT2D eigenvalue weighted by atomic mass is 79.9. The van der Waals surface area contributed by atoms with Crippen molar-refractivity contribution in [1.29, 1.82) is 0 Å². The standard InChI is InChI=1S/C11H15BrFNO2/c1-11(2,14)5-6-4-7(12)10(16-3)8(13)9(6)15/h4,15H,5,14H2,1-3H3. The zero-order valence-electron chi connectivity index (χ0n) is 9.47. The Morgan fingerprint density at radius 1 is 1.56 bits per heavy atom. The van der Waals surface area contributed by atoms with Crippen molar-refractivity contribution in [2.45, 2.75) is 25.8 Å². The number of halogens is 2. The molecule has 0 saturated heterocycles. The molecule has 0 spiro atoms. The summed E-state index contributed by atoms with van der Waals surface area (Å²) in [5, 5.41) is 9.67. The Bertz CT molecular complexity index is 402. The molecule has 0 amide bonds. The average Bonchev–Trinajstić information content (AvgIpc) is 2.12. The first-order valence-electron chi connectivity index (χ1n) is 4.79. The van der Waals surface area contributed by atoms with Crippen LogP contribution in [-0.4, -0.2) is 17.8 Å². The number of hydrogen-bond donors (Lipinski definition) is 2. The summed E-state index contributed by atoms with van der Waals surface area (Å²) in [4.78, 5) is 0. The number of aromatic hydroxyl groups is 1. The van der Waals surface area contributed by atoms with E-state index in [1.165, 1.54) is 7.11 Å². The largest absolute Gasteiger partial charge is 0.505 e. The molecule has 0 atom stereocenters. The van der Waals surface area contributed by atoms with Crippen LogP contribution in [0.4, 0.5) is 4.39 Å². The lowest BCUT2D eigenvalue weighted by Crippen LogP contribution is -2.34. The third-order valence-electron chi connectivity index (χ3n) is 2.08. The fourth-order valence-electron chi connectivity index (χ4n) is 1.45. The molecule has 16 heavy (non-hydrogen) atoms. The number of benzene rings is 1. The minimum atomic E-state index is -0.767. The van der Waals surface area contributed by atoms with Gasteiger partial charge >= 0.3 is 0 Å². The first-order valence-corrected chi connectivity index (χ1v) is 5.58. The van der Waals surface area contributed by atoms with E-state index in [1.54, 1.807) is 6.07 Å². The molecule has 5 heteroatoms. The molecule has 0 radical (unpaired) electrons. The third kappa shape index (κ3) is 2.86. The molecule has 90 valence electrons. The molecule has 1 aromatic carbocycles. The minimum absolute atomic E-state index is 0.00363. The van der Waals surface area contributed by atoms with Crippen molar-refractivity contribution in [3.8, 4) is 11.5 Å². The van der Waals surface area contributed by atoms with Crippen molar-refractivity contribution in [2.75, 3.05) is 7.11 Å². The van der Waals surface area contributed by atoms with Gasteiger partial charge in [-0.15, -0.1) is 0 Å². The monoisotopic (exact) mass is 291 g/mol. The number of nitrogens with two attached hydrogens (primary N) is 1. The van der Waals surface area contributed by atoms with Crippen molar-refractivity contribution >= 4 is 15.9 Å². The van der Waals surface area contributed by atoms with Gasteiger partial charge in [-0.3, -0.25) is 0 Å². The van der Waals surface area contributed by atoms with E-state index in [1.807, 2.05) is 13.8 Å². The normalized spacial score (nSPS) is 11.6.